The number of allylic oxidation sites excluding steroid dienone is 2. The van der Waals surface area contributed by atoms with Gasteiger partial charge >= 0.3 is 0 Å². The molecule has 2 saturated heterocycles. The number of nitrogens with zero attached hydrogens (tertiary/aromatic N) is 2. The van der Waals surface area contributed by atoms with E-state index in [2.05, 4.69) is 5.43 Å². The van der Waals surface area contributed by atoms with E-state index in [9.17, 15) is 19.5 Å². The van der Waals surface area contributed by atoms with Crippen molar-refractivity contribution in [1.29, 1.82) is 0 Å². The second kappa shape index (κ2) is 12.7. The molecule has 10 nitrogen and oxygen atoms in total. The van der Waals surface area contributed by atoms with Crippen LogP contribution in [0.25, 0.3) is 0 Å². The van der Waals surface area contributed by atoms with Gasteiger partial charge in [0.2, 0.25) is 11.8 Å². The van der Waals surface area contributed by atoms with E-state index in [-0.39, 0.29) is 41.1 Å². The number of para-hydroxylation sites is 1. The molecule has 0 bridgehead atoms. The number of phenols is 1. The number of ether oxygens (including phenoxy) is 2. The average molecular weight is 739 g/mol. The Labute approximate surface area is 309 Å². The molecule has 2 aliphatic carbocycles. The van der Waals surface area contributed by atoms with Gasteiger partial charge < -0.3 is 14.6 Å². The molecule has 2 heterocycles. The van der Waals surface area contributed by atoms with Crippen LogP contribution >= 0.6 is 23.2 Å². The number of imide groups is 2. The lowest BCUT2D eigenvalue weighted by molar-refractivity contribution is -0.138. The Kier molecular flexibility index (Phi) is 8.27. The Balaban J connectivity index is 1.35. The molecule has 1 saturated carbocycles. The molecule has 0 radical (unpaired) electrons. The maximum absolute atomic E-state index is 15.4. The third kappa shape index (κ3) is 4.92. The van der Waals surface area contributed by atoms with E-state index in [1.54, 1.807) is 72.8 Å². The fraction of sp³-hybridized carbons (Fsp3) is 0.250. The highest BCUT2D eigenvalue weighted by Crippen LogP contribution is 2.65. The van der Waals surface area contributed by atoms with Gasteiger partial charge in [-0.1, -0.05) is 71.2 Å². The van der Waals surface area contributed by atoms with Crippen LogP contribution in [0.1, 0.15) is 29.9 Å². The number of carbonyl (C=O) groups excluding carboxylic acids is 4. The van der Waals surface area contributed by atoms with Gasteiger partial charge in [-0.05, 0) is 72.9 Å². The molecule has 6 atom stereocenters. The van der Waals surface area contributed by atoms with E-state index >= 15 is 4.79 Å². The molecule has 0 aromatic heterocycles. The lowest BCUT2D eigenvalue weighted by Crippen LogP contribution is -2.53. The van der Waals surface area contributed by atoms with Crippen molar-refractivity contribution in [3.63, 3.8) is 0 Å². The van der Waals surface area contributed by atoms with Gasteiger partial charge in [-0.3, -0.25) is 29.5 Å². The number of hydrogen-bond donors (Lipinski definition) is 2. The van der Waals surface area contributed by atoms with Crippen LogP contribution in [0.5, 0.6) is 17.2 Å². The summed E-state index contributed by atoms with van der Waals surface area (Å²) in [5, 5.41) is 13.3. The lowest BCUT2D eigenvalue weighted by atomic mass is 9.49. The molecule has 4 amide bonds. The summed E-state index contributed by atoms with van der Waals surface area (Å²) in [4.78, 5) is 59.9. The SMILES string of the molecule is COc1ccc(C23C(=O)N(Nc4ccc(Cl)cc4Cl)C(=O)C2CC2C(=CCC4C(=O)N(c5ccccc5)C(=O)C42)C3c2ccc(OC)cc2O)cc1. The van der Waals surface area contributed by atoms with E-state index in [0.717, 1.165) is 5.01 Å². The number of halogens is 2. The first kappa shape index (κ1) is 33.8. The number of hydrazine groups is 1. The van der Waals surface area contributed by atoms with Crippen LogP contribution in [0.15, 0.2) is 103 Å². The molecule has 3 fully saturated rings. The Hall–Kier alpha value is -5.32. The molecule has 52 heavy (non-hydrogen) atoms. The first-order valence-corrected chi connectivity index (χ1v) is 17.6. The molecule has 2 N–H and O–H groups in total. The minimum Gasteiger partial charge on any atom is -0.508 e. The normalized spacial score (nSPS) is 26.5. The van der Waals surface area contributed by atoms with Crippen molar-refractivity contribution in [3.8, 4) is 17.2 Å². The fourth-order valence-corrected chi connectivity index (χ4v) is 9.36. The highest BCUT2D eigenvalue weighted by atomic mass is 35.5. The molecule has 12 heteroatoms. The maximum atomic E-state index is 15.4. The lowest BCUT2D eigenvalue weighted by Gasteiger charge is -2.50. The van der Waals surface area contributed by atoms with Crippen molar-refractivity contribution in [2.24, 2.45) is 23.7 Å². The number of carbonyl (C=O) groups is 4. The van der Waals surface area contributed by atoms with Crippen molar-refractivity contribution in [3.05, 3.63) is 124 Å². The number of benzene rings is 4. The van der Waals surface area contributed by atoms with Crippen molar-refractivity contribution >= 4 is 58.2 Å². The average Bonchev–Trinajstić information content (AvgIpc) is 3.53. The highest BCUT2D eigenvalue weighted by Gasteiger charge is 2.70. The van der Waals surface area contributed by atoms with Gasteiger partial charge in [-0.25, -0.2) is 0 Å². The minimum absolute atomic E-state index is 0.0885. The summed E-state index contributed by atoms with van der Waals surface area (Å²) in [6.07, 6.45) is 2.27. The van der Waals surface area contributed by atoms with Crippen molar-refractivity contribution in [1.82, 2.24) is 5.01 Å². The number of aromatic hydroxyl groups is 1. The van der Waals surface area contributed by atoms with E-state index in [1.807, 2.05) is 12.1 Å². The topological polar surface area (TPSA) is 125 Å². The molecule has 4 aromatic carbocycles. The molecule has 4 aliphatic rings. The Morgan fingerprint density at radius 2 is 1.52 bits per heavy atom. The van der Waals surface area contributed by atoms with Gasteiger partial charge in [0.05, 0.1) is 53.8 Å². The Bertz CT molecular complexity index is 2180. The summed E-state index contributed by atoms with van der Waals surface area (Å²) in [5.74, 6) is -5.00. The predicted molar refractivity (Wildman–Crippen MR) is 194 cm³/mol. The Morgan fingerprint density at radius 3 is 2.19 bits per heavy atom. The second-order valence-electron chi connectivity index (χ2n) is 13.5. The number of methoxy groups -OCH3 is 2. The number of phenolic OH excluding ortho intramolecular Hbond substituents is 1. The number of anilines is 2. The summed E-state index contributed by atoms with van der Waals surface area (Å²) >= 11 is 12.7. The quantitative estimate of drug-likeness (QED) is 0.155. The summed E-state index contributed by atoms with van der Waals surface area (Å²) in [7, 11) is 3.02. The van der Waals surface area contributed by atoms with Gasteiger partial charge in [0, 0.05) is 22.6 Å². The minimum atomic E-state index is -1.61. The number of rotatable bonds is 7. The zero-order valence-electron chi connectivity index (χ0n) is 28.1. The molecule has 264 valence electrons. The van der Waals surface area contributed by atoms with E-state index < -0.39 is 46.8 Å². The highest BCUT2D eigenvalue weighted by molar-refractivity contribution is 6.36. The Morgan fingerprint density at radius 1 is 0.808 bits per heavy atom. The van der Waals surface area contributed by atoms with Crippen LogP contribution in [0.4, 0.5) is 11.4 Å². The van der Waals surface area contributed by atoms with Gasteiger partial charge in [-0.15, -0.1) is 0 Å². The standard InChI is InChI=1S/C40H33Cl2N3O7/c1-51-24-11-8-21(9-12-24)40-30(37(48)45(39(40)50)43-32-17-10-22(41)18-31(32)42)20-29-26(35(40)27-14-13-25(52-2)19-33(27)46)15-16-28-34(29)38(49)44(36(28)47)23-6-4-3-5-7-23/h3-15,17-19,28-30,34-35,43,46H,16,20H2,1-2H3. The van der Waals surface area contributed by atoms with Gasteiger partial charge in [0.25, 0.3) is 11.8 Å². The number of hydrogen-bond acceptors (Lipinski definition) is 8. The molecular formula is C40H33Cl2N3O7. The van der Waals surface area contributed by atoms with Crippen molar-refractivity contribution in [2.75, 3.05) is 24.5 Å². The van der Waals surface area contributed by atoms with Crippen molar-refractivity contribution < 1.29 is 33.8 Å². The smallest absolute Gasteiger partial charge is 0.260 e. The zero-order chi connectivity index (χ0) is 36.5. The second-order valence-corrected chi connectivity index (χ2v) is 14.3. The van der Waals surface area contributed by atoms with Gasteiger partial charge in [-0.2, -0.15) is 5.01 Å². The van der Waals surface area contributed by atoms with Crippen LogP contribution in [0.3, 0.4) is 0 Å². The summed E-state index contributed by atoms with van der Waals surface area (Å²) < 4.78 is 10.9. The fourth-order valence-electron chi connectivity index (χ4n) is 8.91. The largest absolute Gasteiger partial charge is 0.508 e. The van der Waals surface area contributed by atoms with Crippen molar-refractivity contribution in [2.45, 2.75) is 24.2 Å². The first-order valence-electron chi connectivity index (χ1n) is 16.8. The van der Waals surface area contributed by atoms with Gasteiger partial charge in [0.15, 0.2) is 0 Å². The summed E-state index contributed by atoms with van der Waals surface area (Å²) in [6, 6.07) is 25.3. The molecule has 2 aliphatic heterocycles. The predicted octanol–water partition coefficient (Wildman–Crippen LogP) is 6.91. The summed E-state index contributed by atoms with van der Waals surface area (Å²) in [5.41, 5.74) is 3.72. The van der Waals surface area contributed by atoms with Crippen LogP contribution in [-0.4, -0.2) is 48.0 Å². The third-order valence-electron chi connectivity index (χ3n) is 11.1. The number of fused-ring (bicyclic) bond motifs is 4. The third-order valence-corrected chi connectivity index (χ3v) is 11.7. The van der Waals surface area contributed by atoms with E-state index in [1.165, 1.54) is 31.3 Å². The molecule has 6 unspecified atom stereocenters. The number of nitrogens with one attached hydrogen (secondary N) is 1. The van der Waals surface area contributed by atoms with Crippen LogP contribution in [0.2, 0.25) is 10.0 Å². The van der Waals surface area contributed by atoms with E-state index in [0.29, 0.717) is 38.9 Å². The zero-order valence-corrected chi connectivity index (χ0v) is 29.6. The monoisotopic (exact) mass is 737 g/mol. The molecule has 4 aromatic rings. The number of amides is 4. The molecule has 0 spiro atoms. The van der Waals surface area contributed by atoms with Crippen LogP contribution < -0.4 is 19.8 Å². The van der Waals surface area contributed by atoms with Crippen LogP contribution in [0, 0.1) is 23.7 Å². The molecule has 8 rings (SSSR count). The summed E-state index contributed by atoms with van der Waals surface area (Å²) in [6.45, 7) is 0. The first-order chi connectivity index (χ1) is 25.1. The maximum Gasteiger partial charge on any atom is 0.260 e. The molecular weight excluding hydrogens is 705 g/mol. The van der Waals surface area contributed by atoms with Gasteiger partial charge in [0.1, 0.15) is 17.2 Å². The van der Waals surface area contributed by atoms with Crippen LogP contribution in [-0.2, 0) is 24.6 Å². The van der Waals surface area contributed by atoms with E-state index in [4.69, 9.17) is 32.7 Å².